The average molecular weight is 272 g/mol. The third kappa shape index (κ3) is 2.39. The second-order valence-corrected chi connectivity index (χ2v) is 5.23. The number of fused-ring (bicyclic) bond motifs is 1. The van der Waals surface area contributed by atoms with Gasteiger partial charge in [0.2, 0.25) is 5.88 Å². The molecule has 0 bridgehead atoms. The summed E-state index contributed by atoms with van der Waals surface area (Å²) < 4.78 is 0. The van der Waals surface area contributed by atoms with E-state index in [1.807, 2.05) is 31.2 Å². The van der Waals surface area contributed by atoms with Gasteiger partial charge in [0.1, 0.15) is 12.0 Å². The van der Waals surface area contributed by atoms with Gasteiger partial charge < -0.3 is 10.1 Å². The molecule has 3 rings (SSSR count). The number of H-pyrrole nitrogens is 1. The second-order valence-electron chi connectivity index (χ2n) is 3.98. The van der Waals surface area contributed by atoms with Crippen LogP contribution in [-0.4, -0.2) is 27.2 Å². The zero-order valence-electron chi connectivity index (χ0n) is 10.3. The number of rotatable bonds is 3. The Bertz CT molecular complexity index is 763. The van der Waals surface area contributed by atoms with Crippen LogP contribution >= 0.6 is 11.8 Å². The van der Waals surface area contributed by atoms with Crippen LogP contribution in [0.3, 0.4) is 0 Å². The van der Waals surface area contributed by atoms with Crippen molar-refractivity contribution in [2.24, 2.45) is 9.98 Å². The summed E-state index contributed by atoms with van der Waals surface area (Å²) in [5.41, 5.74) is 1.45. The quantitative estimate of drug-likeness (QED) is 0.828. The van der Waals surface area contributed by atoms with E-state index in [0.29, 0.717) is 5.69 Å². The Morgan fingerprint density at radius 1 is 1.42 bits per heavy atom. The second kappa shape index (κ2) is 4.89. The molecule has 96 valence electrons. The average Bonchev–Trinajstić information content (AvgIpc) is 2.97. The smallest absolute Gasteiger partial charge is 0.237 e. The molecule has 0 spiro atoms. The maximum absolute atomic E-state index is 9.78. The first kappa shape index (κ1) is 12.0. The summed E-state index contributed by atoms with van der Waals surface area (Å²) in [5.74, 6) is 0.922. The zero-order valence-corrected chi connectivity index (χ0v) is 11.1. The Hall–Kier alpha value is -2.08. The summed E-state index contributed by atoms with van der Waals surface area (Å²) in [7, 11) is 0. The van der Waals surface area contributed by atoms with E-state index in [9.17, 15) is 5.11 Å². The monoisotopic (exact) mass is 272 g/mol. The molecular weight excluding hydrogens is 260 g/mol. The predicted octanol–water partition coefficient (Wildman–Crippen LogP) is 1.35. The number of aliphatic imine (C=N–C) groups is 1. The van der Waals surface area contributed by atoms with E-state index in [0.717, 1.165) is 27.2 Å². The molecule has 0 amide bonds. The van der Waals surface area contributed by atoms with Gasteiger partial charge in [0.25, 0.3) is 0 Å². The van der Waals surface area contributed by atoms with Gasteiger partial charge in [0, 0.05) is 0 Å². The van der Waals surface area contributed by atoms with Crippen molar-refractivity contribution >= 4 is 29.9 Å². The molecule has 0 atom stereocenters. The first-order valence-electron chi connectivity index (χ1n) is 5.90. The first-order valence-corrected chi connectivity index (χ1v) is 6.89. The number of aromatic hydroxyl groups is 1. The number of hydrogen-bond acceptors (Lipinski definition) is 5. The van der Waals surface area contributed by atoms with Crippen LogP contribution in [0.5, 0.6) is 5.88 Å². The fourth-order valence-corrected chi connectivity index (χ4v) is 2.43. The molecule has 1 aliphatic rings. The van der Waals surface area contributed by atoms with Gasteiger partial charge in [-0.2, -0.15) is 4.98 Å². The molecule has 2 N–H and O–H groups in total. The van der Waals surface area contributed by atoms with E-state index in [-0.39, 0.29) is 5.88 Å². The lowest BCUT2D eigenvalue weighted by atomic mass is 10.2. The number of nitrogens with zero attached hydrogens (tertiary/aromatic N) is 3. The van der Waals surface area contributed by atoms with Crippen molar-refractivity contribution < 1.29 is 5.11 Å². The van der Waals surface area contributed by atoms with Gasteiger partial charge in [-0.1, -0.05) is 24.8 Å². The number of aromatic amines is 1. The van der Waals surface area contributed by atoms with Crippen molar-refractivity contribution in [1.29, 1.82) is 0 Å². The van der Waals surface area contributed by atoms with Gasteiger partial charge in [-0.05, 0) is 29.2 Å². The Morgan fingerprint density at radius 3 is 3.16 bits per heavy atom. The van der Waals surface area contributed by atoms with E-state index in [2.05, 4.69) is 20.0 Å². The van der Waals surface area contributed by atoms with Crippen molar-refractivity contribution in [3.8, 4) is 5.88 Å². The van der Waals surface area contributed by atoms with E-state index < -0.39 is 0 Å². The molecule has 1 aliphatic heterocycles. The summed E-state index contributed by atoms with van der Waals surface area (Å²) in [4.78, 5) is 15.4. The van der Waals surface area contributed by atoms with E-state index >= 15 is 0 Å². The summed E-state index contributed by atoms with van der Waals surface area (Å²) in [6.07, 6.45) is 3.38. The van der Waals surface area contributed by atoms with Crippen molar-refractivity contribution in [3.63, 3.8) is 0 Å². The number of thioether (sulfide) groups is 1. The van der Waals surface area contributed by atoms with Gasteiger partial charge in [-0.15, -0.1) is 0 Å². The summed E-state index contributed by atoms with van der Waals surface area (Å²) in [6.45, 7) is 2.04. The van der Waals surface area contributed by atoms with E-state index in [1.165, 1.54) is 6.34 Å². The lowest BCUT2D eigenvalue weighted by molar-refractivity contribution is 0.453. The summed E-state index contributed by atoms with van der Waals surface area (Å²) in [6, 6.07) is 5.77. The largest absolute Gasteiger partial charge is 0.492 e. The minimum absolute atomic E-state index is 0.0182. The Morgan fingerprint density at radius 2 is 2.32 bits per heavy atom. The zero-order chi connectivity index (χ0) is 13.2. The third-order valence-electron chi connectivity index (χ3n) is 2.68. The molecule has 2 aromatic rings. The fraction of sp³-hybridized carbons (Fsp3) is 0.154. The lowest BCUT2D eigenvalue weighted by Crippen LogP contribution is -2.06. The highest BCUT2D eigenvalue weighted by atomic mass is 32.2. The van der Waals surface area contributed by atoms with Crippen LogP contribution in [0.25, 0.3) is 6.08 Å². The van der Waals surface area contributed by atoms with Crippen LogP contribution in [0.4, 0.5) is 5.69 Å². The van der Waals surface area contributed by atoms with Crippen molar-refractivity contribution in [2.75, 3.05) is 5.75 Å². The molecule has 19 heavy (non-hydrogen) atoms. The molecular formula is C13H12N4OS. The molecule has 6 heteroatoms. The van der Waals surface area contributed by atoms with Gasteiger partial charge in [0.15, 0.2) is 5.16 Å². The highest BCUT2D eigenvalue weighted by Gasteiger charge is 2.06. The van der Waals surface area contributed by atoms with Gasteiger partial charge >= 0.3 is 0 Å². The highest BCUT2D eigenvalue weighted by molar-refractivity contribution is 7.99. The molecule has 0 radical (unpaired) electrons. The number of aromatic nitrogens is 2. The van der Waals surface area contributed by atoms with Crippen LogP contribution in [0.15, 0.2) is 33.3 Å². The topological polar surface area (TPSA) is 73.6 Å². The third-order valence-corrected chi connectivity index (χ3v) is 3.43. The van der Waals surface area contributed by atoms with Gasteiger partial charge in [0.05, 0.1) is 11.0 Å². The highest BCUT2D eigenvalue weighted by Crippen LogP contribution is 2.21. The molecule has 1 aromatic carbocycles. The Kier molecular flexibility index (Phi) is 3.08. The number of nitrogens with one attached hydrogen (secondary N) is 1. The summed E-state index contributed by atoms with van der Waals surface area (Å²) in [5, 5.41) is 12.3. The Balaban J connectivity index is 2.02. The fourth-order valence-electron chi connectivity index (χ4n) is 1.82. The lowest BCUT2D eigenvalue weighted by Gasteiger charge is -1.91. The predicted molar refractivity (Wildman–Crippen MR) is 75.6 cm³/mol. The normalized spacial score (nSPS) is 13.6. The molecule has 5 nitrogen and oxygen atoms in total. The first-order chi connectivity index (χ1) is 9.26. The van der Waals surface area contributed by atoms with Crippen LogP contribution < -0.4 is 10.6 Å². The number of benzene rings is 1. The standard InChI is InChI=1S/C13H12N4OS/c1-2-19-13-16-11(12(18)17-13)6-8-3-4-9-10(5-8)15-7-14-9/h3-7,18H,2H2,1H3,(H,16,17). The van der Waals surface area contributed by atoms with E-state index in [4.69, 9.17) is 0 Å². The van der Waals surface area contributed by atoms with Gasteiger partial charge in [-0.25, -0.2) is 9.98 Å². The molecule has 2 heterocycles. The van der Waals surface area contributed by atoms with Crippen molar-refractivity contribution in [3.05, 3.63) is 34.5 Å². The Labute approximate surface area is 113 Å². The molecule has 0 aliphatic carbocycles. The summed E-state index contributed by atoms with van der Waals surface area (Å²) >= 11 is 1.56. The van der Waals surface area contributed by atoms with Gasteiger partial charge in [-0.3, -0.25) is 0 Å². The molecule has 0 fully saturated rings. The molecule has 0 saturated carbocycles. The number of hydrogen-bond donors (Lipinski definition) is 2. The maximum Gasteiger partial charge on any atom is 0.237 e. The molecule has 0 saturated heterocycles. The van der Waals surface area contributed by atoms with Crippen molar-refractivity contribution in [2.45, 2.75) is 12.1 Å². The van der Waals surface area contributed by atoms with Crippen LogP contribution in [-0.2, 0) is 0 Å². The van der Waals surface area contributed by atoms with Crippen molar-refractivity contribution in [1.82, 2.24) is 9.97 Å². The van der Waals surface area contributed by atoms with E-state index in [1.54, 1.807) is 11.8 Å². The maximum atomic E-state index is 9.78. The van der Waals surface area contributed by atoms with Crippen LogP contribution in [0.1, 0.15) is 12.6 Å². The minimum atomic E-state index is 0.0182. The van der Waals surface area contributed by atoms with Crippen LogP contribution in [0, 0.1) is 0 Å². The molecule has 0 unspecified atom stereocenters. The van der Waals surface area contributed by atoms with Crippen LogP contribution in [0.2, 0.25) is 0 Å². The SMILES string of the molecule is CCSc1nc(O)c(C=c2ccc3c(c2)N=CN=3)[nH]1. The number of imidazole rings is 1. The molecule has 1 aromatic heterocycles. The minimum Gasteiger partial charge on any atom is -0.492 e.